The molecule has 4 rings (SSSR count). The molecule has 0 atom stereocenters. The van der Waals surface area contributed by atoms with Crippen molar-refractivity contribution in [2.75, 3.05) is 20.2 Å². The lowest BCUT2D eigenvalue weighted by Crippen LogP contribution is -2.35. The minimum absolute atomic E-state index is 0.196. The first-order chi connectivity index (χ1) is 14.6. The van der Waals surface area contributed by atoms with Crippen molar-refractivity contribution in [3.63, 3.8) is 0 Å². The molecule has 0 saturated carbocycles. The molecule has 1 fully saturated rings. The molecule has 156 valence electrons. The van der Waals surface area contributed by atoms with Crippen LogP contribution < -0.4 is 4.74 Å². The van der Waals surface area contributed by atoms with E-state index in [1.54, 1.807) is 23.9 Å². The second-order valence-electron chi connectivity index (χ2n) is 7.31. The minimum atomic E-state index is 0.196. The van der Waals surface area contributed by atoms with Crippen LogP contribution >= 0.6 is 11.6 Å². The number of nitrogens with zero attached hydrogens (tertiary/aromatic N) is 5. The fourth-order valence-corrected chi connectivity index (χ4v) is 3.75. The summed E-state index contributed by atoms with van der Waals surface area (Å²) in [5, 5.41) is 13.7. The van der Waals surface area contributed by atoms with E-state index in [0.29, 0.717) is 29.6 Å². The third kappa shape index (κ3) is 4.62. The number of aryl methyl sites for hydroxylation is 1. The van der Waals surface area contributed by atoms with Crippen LogP contribution in [0.15, 0.2) is 42.5 Å². The average molecular weight is 426 g/mol. The Hall–Kier alpha value is -2.93. The van der Waals surface area contributed by atoms with Crippen molar-refractivity contribution < 1.29 is 9.53 Å². The van der Waals surface area contributed by atoms with E-state index >= 15 is 0 Å². The highest BCUT2D eigenvalue weighted by atomic mass is 35.5. The quantitative estimate of drug-likeness (QED) is 0.598. The van der Waals surface area contributed by atoms with Crippen molar-refractivity contribution in [2.24, 2.45) is 0 Å². The average Bonchev–Trinajstić information content (AvgIpc) is 3.23. The number of likely N-dealkylation sites (tertiary alicyclic amines) is 1. The number of carbonyl (C=O) groups is 1. The number of piperidine rings is 1. The Morgan fingerprint density at radius 3 is 2.50 bits per heavy atom. The van der Waals surface area contributed by atoms with Gasteiger partial charge in [0.25, 0.3) is 0 Å². The van der Waals surface area contributed by atoms with E-state index in [2.05, 4.69) is 10.2 Å². The van der Waals surface area contributed by atoms with Gasteiger partial charge in [0, 0.05) is 42.6 Å². The van der Waals surface area contributed by atoms with Gasteiger partial charge in [0.2, 0.25) is 11.8 Å². The highest BCUT2D eigenvalue weighted by Crippen LogP contribution is 2.26. The monoisotopic (exact) mass is 425 g/mol. The second-order valence-corrected chi connectivity index (χ2v) is 7.75. The topological polar surface area (TPSA) is 73.1 Å². The second kappa shape index (κ2) is 9.26. The molecule has 3 aromatic rings. The number of halogens is 1. The summed E-state index contributed by atoms with van der Waals surface area (Å²) in [5.41, 5.74) is 2.66. The van der Waals surface area contributed by atoms with Gasteiger partial charge in [0.05, 0.1) is 18.5 Å². The first-order valence-electron chi connectivity index (χ1n) is 10.1. The zero-order valence-electron chi connectivity index (χ0n) is 16.9. The van der Waals surface area contributed by atoms with E-state index < -0.39 is 0 Å². The van der Waals surface area contributed by atoms with Crippen LogP contribution in [0.4, 0.5) is 0 Å². The molecule has 7 nitrogen and oxygen atoms in total. The number of benzene rings is 1. The summed E-state index contributed by atoms with van der Waals surface area (Å²) in [6.07, 6.45) is 4.42. The number of hydrogen-bond acceptors (Lipinski definition) is 5. The zero-order chi connectivity index (χ0) is 20.9. The predicted octanol–water partition coefficient (Wildman–Crippen LogP) is 3.94. The van der Waals surface area contributed by atoms with Gasteiger partial charge < -0.3 is 9.64 Å². The molecule has 3 heterocycles. The first kappa shape index (κ1) is 20.3. The molecule has 0 radical (unpaired) electrons. The molecule has 1 aromatic carbocycles. The van der Waals surface area contributed by atoms with Crippen LogP contribution in [0.3, 0.4) is 0 Å². The van der Waals surface area contributed by atoms with Gasteiger partial charge in [0.1, 0.15) is 0 Å². The molecule has 8 heteroatoms. The Bertz CT molecular complexity index is 995. The van der Waals surface area contributed by atoms with Gasteiger partial charge in [-0.3, -0.25) is 4.79 Å². The van der Waals surface area contributed by atoms with Gasteiger partial charge in [0.15, 0.2) is 5.82 Å². The Morgan fingerprint density at radius 1 is 1.07 bits per heavy atom. The maximum Gasteiger partial charge on any atom is 0.233 e. The van der Waals surface area contributed by atoms with Crippen molar-refractivity contribution >= 4 is 17.5 Å². The van der Waals surface area contributed by atoms with Crippen molar-refractivity contribution in [2.45, 2.75) is 32.1 Å². The van der Waals surface area contributed by atoms with Crippen LogP contribution in [-0.4, -0.2) is 51.0 Å². The summed E-state index contributed by atoms with van der Waals surface area (Å²) < 4.78 is 6.85. The van der Waals surface area contributed by atoms with Crippen molar-refractivity contribution in [3.8, 4) is 23.0 Å². The van der Waals surface area contributed by atoms with E-state index in [4.69, 9.17) is 21.4 Å². The molecule has 2 aromatic heterocycles. The summed E-state index contributed by atoms with van der Waals surface area (Å²) in [7, 11) is 1.55. The van der Waals surface area contributed by atoms with Gasteiger partial charge in [-0.25, -0.2) is 4.68 Å². The van der Waals surface area contributed by atoms with Gasteiger partial charge >= 0.3 is 0 Å². The van der Waals surface area contributed by atoms with Crippen LogP contribution in [0.25, 0.3) is 17.1 Å². The third-order valence-electron chi connectivity index (χ3n) is 5.26. The molecular weight excluding hydrogens is 402 g/mol. The number of carbonyl (C=O) groups excluding carboxylic acids is 1. The van der Waals surface area contributed by atoms with E-state index in [1.165, 1.54) is 6.42 Å². The highest BCUT2D eigenvalue weighted by molar-refractivity contribution is 6.30. The SMILES string of the molecule is COc1ccc(-n2nc(CCC(=O)N3CCCCC3)cc2-c2ccc(Cl)cc2)nn1. The van der Waals surface area contributed by atoms with Crippen molar-refractivity contribution in [1.29, 1.82) is 0 Å². The van der Waals surface area contributed by atoms with Crippen molar-refractivity contribution in [3.05, 3.63) is 53.2 Å². The van der Waals surface area contributed by atoms with Crippen LogP contribution in [0.5, 0.6) is 5.88 Å². The fraction of sp³-hybridized carbons (Fsp3) is 0.364. The number of rotatable bonds is 6. The van der Waals surface area contributed by atoms with Gasteiger partial charge in [-0.2, -0.15) is 5.10 Å². The zero-order valence-corrected chi connectivity index (χ0v) is 17.7. The molecule has 30 heavy (non-hydrogen) atoms. The maximum atomic E-state index is 12.6. The standard InChI is InChI=1S/C22H24ClN5O2/c1-30-21-11-10-20(24-25-21)28-19(16-5-7-17(23)8-6-16)15-18(26-28)9-12-22(29)27-13-3-2-4-14-27/h5-8,10-11,15H,2-4,9,12-14H2,1H3. The molecule has 1 aliphatic heterocycles. The molecule has 1 saturated heterocycles. The van der Waals surface area contributed by atoms with E-state index in [-0.39, 0.29) is 5.91 Å². The molecule has 0 aliphatic carbocycles. The maximum absolute atomic E-state index is 12.6. The van der Waals surface area contributed by atoms with Gasteiger partial charge in [-0.05, 0) is 43.5 Å². The summed E-state index contributed by atoms with van der Waals surface area (Å²) in [4.78, 5) is 14.5. The van der Waals surface area contributed by atoms with Crippen molar-refractivity contribution in [1.82, 2.24) is 24.9 Å². The fourth-order valence-electron chi connectivity index (χ4n) is 3.62. The lowest BCUT2D eigenvalue weighted by molar-refractivity contribution is -0.132. The normalized spacial score (nSPS) is 14.0. The van der Waals surface area contributed by atoms with Gasteiger partial charge in [-0.1, -0.05) is 23.7 Å². The van der Waals surface area contributed by atoms with Crippen LogP contribution in [-0.2, 0) is 11.2 Å². The Kier molecular flexibility index (Phi) is 6.28. The highest BCUT2D eigenvalue weighted by Gasteiger charge is 2.18. The van der Waals surface area contributed by atoms with E-state index in [9.17, 15) is 4.79 Å². The molecular formula is C22H24ClN5O2. The summed E-state index contributed by atoms with van der Waals surface area (Å²) in [5.74, 6) is 1.21. The molecule has 0 bridgehead atoms. The summed E-state index contributed by atoms with van der Waals surface area (Å²) in [6.45, 7) is 1.73. The lowest BCUT2D eigenvalue weighted by Gasteiger charge is -2.26. The largest absolute Gasteiger partial charge is 0.480 e. The Morgan fingerprint density at radius 2 is 1.83 bits per heavy atom. The summed E-state index contributed by atoms with van der Waals surface area (Å²) in [6, 6.07) is 13.1. The number of ether oxygens (including phenoxy) is 1. The smallest absolute Gasteiger partial charge is 0.233 e. The number of amides is 1. The van der Waals surface area contributed by atoms with Crippen LogP contribution in [0, 0.1) is 0 Å². The molecule has 1 aliphatic rings. The Labute approximate surface area is 180 Å². The summed E-state index contributed by atoms with van der Waals surface area (Å²) >= 11 is 6.05. The molecule has 0 spiro atoms. The molecule has 1 amide bonds. The third-order valence-corrected chi connectivity index (χ3v) is 5.51. The number of hydrogen-bond donors (Lipinski definition) is 0. The number of aromatic nitrogens is 4. The van der Waals surface area contributed by atoms with Gasteiger partial charge in [-0.15, -0.1) is 10.2 Å². The Balaban J connectivity index is 1.59. The molecule has 0 unspecified atom stereocenters. The predicted molar refractivity (Wildman–Crippen MR) is 115 cm³/mol. The first-order valence-corrected chi connectivity index (χ1v) is 10.5. The minimum Gasteiger partial charge on any atom is -0.480 e. The number of methoxy groups -OCH3 is 1. The van der Waals surface area contributed by atoms with Crippen LogP contribution in [0.2, 0.25) is 5.02 Å². The lowest BCUT2D eigenvalue weighted by atomic mass is 10.1. The van der Waals surface area contributed by atoms with E-state index in [1.807, 2.05) is 35.2 Å². The van der Waals surface area contributed by atoms with Crippen LogP contribution in [0.1, 0.15) is 31.4 Å². The van der Waals surface area contributed by atoms with E-state index in [0.717, 1.165) is 42.9 Å². The molecule has 0 N–H and O–H groups in total.